The van der Waals surface area contributed by atoms with Gasteiger partial charge in [0.05, 0.1) is 24.8 Å². The number of nitrogens with one attached hydrogen (secondary N) is 2. The molecule has 0 aromatic carbocycles. The minimum Gasteiger partial charge on any atom is -0.467 e. The summed E-state index contributed by atoms with van der Waals surface area (Å²) >= 11 is 1.61. The predicted octanol–water partition coefficient (Wildman–Crippen LogP) is 1.76. The normalized spacial score (nSPS) is 17.1. The average Bonchev–Trinajstić information content (AvgIpc) is 3.19. The summed E-state index contributed by atoms with van der Waals surface area (Å²) in [6.45, 7) is 0.499. The maximum Gasteiger partial charge on any atom is 0.328 e. The molecule has 3 rings (SSSR count). The van der Waals surface area contributed by atoms with Gasteiger partial charge in [-0.25, -0.2) is 14.6 Å². The second-order valence-corrected chi connectivity index (χ2v) is 7.16. The lowest BCUT2D eigenvalue weighted by molar-refractivity contribution is -0.142. The lowest BCUT2D eigenvalue weighted by Crippen LogP contribution is -2.51. The molecule has 8 nitrogen and oxygen atoms in total. The summed E-state index contributed by atoms with van der Waals surface area (Å²) in [6.07, 6.45) is 6.46. The lowest BCUT2D eigenvalue weighted by atomic mass is 9.99. The molecule has 2 aromatic heterocycles. The molecule has 2 amide bonds. The van der Waals surface area contributed by atoms with Gasteiger partial charge in [-0.15, -0.1) is 0 Å². The number of methoxy groups -OCH3 is 1. The number of amides is 2. The Kier molecular flexibility index (Phi) is 6.33. The van der Waals surface area contributed by atoms with E-state index in [2.05, 4.69) is 20.3 Å². The maximum absolute atomic E-state index is 13.0. The van der Waals surface area contributed by atoms with E-state index in [1.54, 1.807) is 29.2 Å². The number of aromatic amines is 1. The number of imidazole rings is 1. The highest BCUT2D eigenvalue weighted by Gasteiger charge is 2.36. The number of thioether (sulfide) groups is 1. The zero-order valence-electron chi connectivity index (χ0n) is 15.3. The molecule has 9 heteroatoms. The van der Waals surface area contributed by atoms with E-state index in [-0.39, 0.29) is 6.03 Å². The topological polar surface area (TPSA) is 100 Å². The molecule has 2 N–H and O–H groups in total. The van der Waals surface area contributed by atoms with Crippen molar-refractivity contribution in [3.63, 3.8) is 0 Å². The van der Waals surface area contributed by atoms with Crippen LogP contribution in [0.15, 0.2) is 30.7 Å². The van der Waals surface area contributed by atoms with E-state index in [0.29, 0.717) is 19.4 Å². The van der Waals surface area contributed by atoms with Gasteiger partial charge < -0.3 is 19.9 Å². The molecule has 0 fully saturated rings. The smallest absolute Gasteiger partial charge is 0.328 e. The van der Waals surface area contributed by atoms with Gasteiger partial charge in [-0.1, -0.05) is 6.07 Å². The van der Waals surface area contributed by atoms with E-state index in [1.807, 2.05) is 24.5 Å². The Morgan fingerprint density at radius 1 is 1.44 bits per heavy atom. The van der Waals surface area contributed by atoms with Gasteiger partial charge >= 0.3 is 12.0 Å². The van der Waals surface area contributed by atoms with Crippen LogP contribution in [0.5, 0.6) is 0 Å². The highest BCUT2D eigenvalue weighted by Crippen LogP contribution is 2.32. The Morgan fingerprint density at radius 2 is 2.30 bits per heavy atom. The number of urea groups is 1. The van der Waals surface area contributed by atoms with Crippen LogP contribution < -0.4 is 5.32 Å². The van der Waals surface area contributed by atoms with Crippen molar-refractivity contribution in [2.24, 2.45) is 0 Å². The van der Waals surface area contributed by atoms with Crippen LogP contribution in [-0.4, -0.2) is 63.6 Å². The molecule has 0 saturated carbocycles. The van der Waals surface area contributed by atoms with E-state index < -0.39 is 18.1 Å². The molecule has 2 atom stereocenters. The number of hydrogen-bond acceptors (Lipinski definition) is 6. The summed E-state index contributed by atoms with van der Waals surface area (Å²) in [6, 6.07) is 4.18. The van der Waals surface area contributed by atoms with Crippen molar-refractivity contribution in [3.05, 3.63) is 47.8 Å². The molecular formula is C18H23N5O3S. The number of carbonyl (C=O) groups is 2. The van der Waals surface area contributed by atoms with Gasteiger partial charge in [-0.05, 0) is 30.6 Å². The summed E-state index contributed by atoms with van der Waals surface area (Å²) in [4.78, 5) is 38.8. The van der Waals surface area contributed by atoms with Crippen LogP contribution in [0, 0.1) is 0 Å². The standard InChI is InChI=1S/C18H23N5O3S/c1-26-17(24)14(7-10-27-2)22-18(25)23-9-6-12-15(21-11-20-12)16(23)13-5-3-4-8-19-13/h3-5,8,11,14,16H,6-7,9-10H2,1-2H3,(H,20,21)(H,22,25)/t14-,16+/m0/s1. The fourth-order valence-corrected chi connectivity index (χ4v) is 3.66. The number of esters is 1. The van der Waals surface area contributed by atoms with E-state index in [4.69, 9.17) is 4.74 Å². The fourth-order valence-electron chi connectivity index (χ4n) is 3.19. The van der Waals surface area contributed by atoms with Crippen LogP contribution in [0.2, 0.25) is 0 Å². The number of ether oxygens (including phenoxy) is 1. The van der Waals surface area contributed by atoms with Crippen molar-refractivity contribution in [1.29, 1.82) is 0 Å². The number of pyridine rings is 1. The molecule has 1 aliphatic heterocycles. The molecular weight excluding hydrogens is 366 g/mol. The number of rotatable bonds is 6. The summed E-state index contributed by atoms with van der Waals surface area (Å²) in [5, 5.41) is 2.83. The average molecular weight is 389 g/mol. The van der Waals surface area contributed by atoms with Crippen molar-refractivity contribution in [2.75, 3.05) is 25.7 Å². The van der Waals surface area contributed by atoms with Crippen LogP contribution in [0.1, 0.15) is 29.5 Å². The van der Waals surface area contributed by atoms with Crippen molar-refractivity contribution >= 4 is 23.8 Å². The molecule has 1 aliphatic rings. The second kappa shape index (κ2) is 8.90. The van der Waals surface area contributed by atoms with Gasteiger partial charge in [-0.2, -0.15) is 11.8 Å². The molecule has 27 heavy (non-hydrogen) atoms. The zero-order valence-corrected chi connectivity index (χ0v) is 16.2. The molecule has 3 heterocycles. The van der Waals surface area contributed by atoms with E-state index in [1.165, 1.54) is 7.11 Å². The maximum atomic E-state index is 13.0. The first-order chi connectivity index (χ1) is 13.2. The summed E-state index contributed by atoms with van der Waals surface area (Å²) in [5.74, 6) is 0.303. The Hall–Kier alpha value is -2.55. The third-order valence-electron chi connectivity index (χ3n) is 4.55. The Labute approximate surface area is 162 Å². The van der Waals surface area contributed by atoms with Gasteiger partial charge in [0.15, 0.2) is 0 Å². The third-order valence-corrected chi connectivity index (χ3v) is 5.19. The predicted molar refractivity (Wildman–Crippen MR) is 102 cm³/mol. The number of H-pyrrole nitrogens is 1. The number of carbonyl (C=O) groups excluding carboxylic acids is 2. The van der Waals surface area contributed by atoms with Crippen LogP contribution in [0.3, 0.4) is 0 Å². The molecule has 0 unspecified atom stereocenters. The Morgan fingerprint density at radius 3 is 3.00 bits per heavy atom. The van der Waals surface area contributed by atoms with Crippen molar-refractivity contribution in [1.82, 2.24) is 25.2 Å². The fraction of sp³-hybridized carbons (Fsp3) is 0.444. The molecule has 0 bridgehead atoms. The quantitative estimate of drug-likeness (QED) is 0.730. The first-order valence-electron chi connectivity index (χ1n) is 8.72. The van der Waals surface area contributed by atoms with Crippen LogP contribution in [-0.2, 0) is 16.0 Å². The number of aromatic nitrogens is 3. The van der Waals surface area contributed by atoms with Gasteiger partial charge in [-0.3, -0.25) is 4.98 Å². The van der Waals surface area contributed by atoms with Gasteiger partial charge in [0, 0.05) is 24.9 Å². The van der Waals surface area contributed by atoms with E-state index in [9.17, 15) is 9.59 Å². The van der Waals surface area contributed by atoms with Crippen molar-refractivity contribution in [2.45, 2.75) is 24.9 Å². The summed E-state index contributed by atoms with van der Waals surface area (Å²) < 4.78 is 4.84. The van der Waals surface area contributed by atoms with Crippen molar-refractivity contribution in [3.8, 4) is 0 Å². The Bertz CT molecular complexity index is 782. The number of nitrogens with zero attached hydrogens (tertiary/aromatic N) is 3. The second-order valence-electron chi connectivity index (χ2n) is 6.17. The largest absolute Gasteiger partial charge is 0.467 e. The minimum absolute atomic E-state index is 0.323. The molecule has 0 saturated heterocycles. The highest BCUT2D eigenvalue weighted by molar-refractivity contribution is 7.98. The highest BCUT2D eigenvalue weighted by atomic mass is 32.2. The summed E-state index contributed by atoms with van der Waals surface area (Å²) in [7, 11) is 1.33. The van der Waals surface area contributed by atoms with Crippen LogP contribution in [0.4, 0.5) is 4.79 Å². The van der Waals surface area contributed by atoms with Gasteiger partial charge in [0.1, 0.15) is 12.1 Å². The number of hydrogen-bond donors (Lipinski definition) is 2. The Balaban J connectivity index is 1.85. The molecule has 0 radical (unpaired) electrons. The third kappa shape index (κ3) is 4.24. The molecule has 0 aliphatic carbocycles. The SMILES string of the molecule is COC(=O)[C@H](CCSC)NC(=O)N1CCc2[nH]cnc2[C@H]1c1ccccn1. The zero-order chi connectivity index (χ0) is 19.2. The van der Waals surface area contributed by atoms with Crippen LogP contribution in [0.25, 0.3) is 0 Å². The monoisotopic (exact) mass is 389 g/mol. The molecule has 144 valence electrons. The van der Waals surface area contributed by atoms with Crippen molar-refractivity contribution < 1.29 is 14.3 Å². The van der Waals surface area contributed by atoms with Gasteiger partial charge in [0.2, 0.25) is 0 Å². The minimum atomic E-state index is -0.681. The van der Waals surface area contributed by atoms with E-state index >= 15 is 0 Å². The van der Waals surface area contributed by atoms with E-state index in [0.717, 1.165) is 22.8 Å². The first-order valence-corrected chi connectivity index (χ1v) is 10.1. The number of fused-ring (bicyclic) bond motifs is 1. The molecule has 2 aromatic rings. The first kappa shape index (κ1) is 19.2. The molecule has 0 spiro atoms. The summed E-state index contributed by atoms with van der Waals surface area (Å²) in [5.41, 5.74) is 2.52. The van der Waals surface area contributed by atoms with Gasteiger partial charge in [0.25, 0.3) is 0 Å². The van der Waals surface area contributed by atoms with Crippen LogP contribution >= 0.6 is 11.8 Å². The lowest BCUT2D eigenvalue weighted by Gasteiger charge is -2.35.